The molecule has 17 nitrogen and oxygen atoms in total. The minimum absolute atomic E-state index is 0.108. The Bertz CT molecular complexity index is 2010. The molecule has 0 rings (SSSR count). The highest BCUT2D eigenvalue weighted by molar-refractivity contribution is 7.47. The smallest absolute Gasteiger partial charge is 0.462 e. The molecule has 5 atom stereocenters. The minimum atomic E-state index is -4.97. The maximum Gasteiger partial charge on any atom is 0.472 e. The van der Waals surface area contributed by atoms with E-state index in [0.717, 1.165) is 95.8 Å². The zero-order chi connectivity index (χ0) is 77.6. The first-order chi connectivity index (χ1) is 51.5. The van der Waals surface area contributed by atoms with Crippen LogP contribution in [0.25, 0.3) is 0 Å². The summed E-state index contributed by atoms with van der Waals surface area (Å²) in [6, 6.07) is 0. The van der Waals surface area contributed by atoms with E-state index in [4.69, 9.17) is 37.0 Å². The highest BCUT2D eigenvalue weighted by atomic mass is 31.2. The van der Waals surface area contributed by atoms with E-state index in [-0.39, 0.29) is 25.7 Å². The number of ether oxygens (including phenoxy) is 4. The van der Waals surface area contributed by atoms with Crippen molar-refractivity contribution in [2.75, 3.05) is 39.6 Å². The molecule has 0 fully saturated rings. The van der Waals surface area contributed by atoms with Crippen LogP contribution in [0.5, 0.6) is 0 Å². The molecule has 0 aromatic rings. The molecule has 0 aromatic heterocycles. The molecule has 0 aliphatic heterocycles. The van der Waals surface area contributed by atoms with Gasteiger partial charge >= 0.3 is 39.5 Å². The van der Waals surface area contributed by atoms with Crippen LogP contribution in [0.4, 0.5) is 0 Å². The molecular formula is C87H170O17P2. The van der Waals surface area contributed by atoms with Gasteiger partial charge in [-0.25, -0.2) is 9.13 Å². The van der Waals surface area contributed by atoms with E-state index in [1.165, 1.54) is 295 Å². The fourth-order valence-corrected chi connectivity index (χ4v) is 15.2. The number of esters is 4. The Morgan fingerprint density at radius 2 is 0.434 bits per heavy atom. The maximum atomic E-state index is 13.2. The number of hydrogen-bond donors (Lipinski definition) is 3. The van der Waals surface area contributed by atoms with Gasteiger partial charge in [0.1, 0.15) is 19.3 Å². The van der Waals surface area contributed by atoms with E-state index < -0.39 is 97.5 Å². The molecule has 0 radical (unpaired) electrons. The van der Waals surface area contributed by atoms with Gasteiger partial charge < -0.3 is 33.8 Å². The number of carbonyl (C=O) groups is 4. The van der Waals surface area contributed by atoms with Crippen LogP contribution in [0.2, 0.25) is 0 Å². The fourth-order valence-electron chi connectivity index (χ4n) is 13.6. The first-order valence-corrected chi connectivity index (χ1v) is 48.1. The van der Waals surface area contributed by atoms with Crippen molar-refractivity contribution in [2.45, 2.75) is 490 Å². The summed E-state index contributed by atoms with van der Waals surface area (Å²) in [7, 11) is -9.92. The molecule has 2 unspecified atom stereocenters. The van der Waals surface area contributed by atoms with E-state index >= 15 is 0 Å². The van der Waals surface area contributed by atoms with Crippen LogP contribution in [0.1, 0.15) is 471 Å². The lowest BCUT2D eigenvalue weighted by molar-refractivity contribution is -0.161. The summed E-state index contributed by atoms with van der Waals surface area (Å²) in [5.41, 5.74) is 0. The van der Waals surface area contributed by atoms with Gasteiger partial charge in [0.05, 0.1) is 26.4 Å². The van der Waals surface area contributed by atoms with Crippen molar-refractivity contribution in [2.24, 2.45) is 5.92 Å². The third kappa shape index (κ3) is 80.1. The first kappa shape index (κ1) is 104. The Balaban J connectivity index is 5.18. The second-order valence-electron chi connectivity index (χ2n) is 31.8. The Morgan fingerprint density at radius 1 is 0.255 bits per heavy atom. The van der Waals surface area contributed by atoms with Crippen LogP contribution in [0, 0.1) is 5.92 Å². The summed E-state index contributed by atoms with van der Waals surface area (Å²) in [6.45, 7) is 7.39. The summed E-state index contributed by atoms with van der Waals surface area (Å²) >= 11 is 0. The number of hydrogen-bond acceptors (Lipinski definition) is 15. The molecular weight excluding hydrogens is 1380 g/mol. The Hall–Kier alpha value is -1.94. The Labute approximate surface area is 651 Å². The lowest BCUT2D eigenvalue weighted by atomic mass is 10.0. The van der Waals surface area contributed by atoms with Gasteiger partial charge in [-0.05, 0) is 31.6 Å². The van der Waals surface area contributed by atoms with E-state index in [0.29, 0.717) is 25.7 Å². The molecule has 0 aromatic carbocycles. The third-order valence-corrected chi connectivity index (χ3v) is 22.4. The first-order valence-electron chi connectivity index (χ1n) is 45.1. The molecule has 0 spiro atoms. The molecule has 106 heavy (non-hydrogen) atoms. The maximum absolute atomic E-state index is 13.2. The number of phosphoric acid groups is 2. The second kappa shape index (κ2) is 79.7. The van der Waals surface area contributed by atoms with E-state index in [1.807, 2.05) is 0 Å². The van der Waals surface area contributed by atoms with Crippen molar-refractivity contribution >= 4 is 39.5 Å². The van der Waals surface area contributed by atoms with Crippen LogP contribution < -0.4 is 0 Å². The van der Waals surface area contributed by atoms with Crippen LogP contribution in [0.3, 0.4) is 0 Å². The average molecular weight is 1550 g/mol. The van der Waals surface area contributed by atoms with Gasteiger partial charge in [0, 0.05) is 25.7 Å². The van der Waals surface area contributed by atoms with Crippen molar-refractivity contribution in [1.29, 1.82) is 0 Å². The number of aliphatic hydroxyl groups excluding tert-OH is 1. The zero-order valence-electron chi connectivity index (χ0n) is 69.6. The number of unbranched alkanes of at least 4 members (excludes halogenated alkanes) is 59. The van der Waals surface area contributed by atoms with Crippen LogP contribution in [-0.4, -0.2) is 96.7 Å². The highest BCUT2D eigenvalue weighted by Gasteiger charge is 2.30. The lowest BCUT2D eigenvalue weighted by Crippen LogP contribution is -2.30. The molecule has 3 N–H and O–H groups in total. The van der Waals surface area contributed by atoms with Gasteiger partial charge in [0.25, 0.3) is 0 Å². The Kier molecular flexibility index (Phi) is 78.2. The summed E-state index contributed by atoms with van der Waals surface area (Å²) < 4.78 is 68.8. The molecule has 19 heteroatoms. The fraction of sp³-hybridized carbons (Fsp3) is 0.954. The predicted molar refractivity (Wildman–Crippen MR) is 437 cm³/mol. The molecule has 0 amide bonds. The SMILES string of the molecule is CCCCCCCCCCCCCCCCCCCCCCCCC(=O)O[C@H](COC(=O)CCCCCCCCCCCCCCCCCCCCC(C)C)COP(=O)(O)OC[C@@H](O)COP(=O)(O)OC[C@@H](COC(=O)CCCCCCCCCCC)OC(=O)CCCCCCCCCCCCCCCC. The number of aliphatic hydroxyl groups is 1. The van der Waals surface area contributed by atoms with Crippen molar-refractivity contribution in [3.05, 3.63) is 0 Å². The normalized spacial score (nSPS) is 13.7. The summed E-state index contributed by atoms with van der Waals surface area (Å²) in [5, 5.41) is 10.7. The van der Waals surface area contributed by atoms with Gasteiger partial charge in [-0.1, -0.05) is 420 Å². The largest absolute Gasteiger partial charge is 0.472 e. The van der Waals surface area contributed by atoms with E-state index in [2.05, 4.69) is 34.6 Å². The van der Waals surface area contributed by atoms with Crippen LogP contribution >= 0.6 is 15.6 Å². The summed E-state index contributed by atoms with van der Waals surface area (Å²) in [6.07, 6.45) is 73.8. The lowest BCUT2D eigenvalue weighted by Gasteiger charge is -2.21. The summed E-state index contributed by atoms with van der Waals surface area (Å²) in [4.78, 5) is 73.2. The molecule has 630 valence electrons. The third-order valence-electron chi connectivity index (χ3n) is 20.5. The van der Waals surface area contributed by atoms with Gasteiger partial charge in [0.15, 0.2) is 12.2 Å². The predicted octanol–water partition coefficient (Wildman–Crippen LogP) is 26.8. The van der Waals surface area contributed by atoms with Gasteiger partial charge in [-0.15, -0.1) is 0 Å². The van der Waals surface area contributed by atoms with Gasteiger partial charge in [0.2, 0.25) is 0 Å². The molecule has 0 heterocycles. The van der Waals surface area contributed by atoms with Gasteiger partial charge in [-0.2, -0.15) is 0 Å². The molecule has 0 bridgehead atoms. The zero-order valence-corrected chi connectivity index (χ0v) is 71.4. The van der Waals surface area contributed by atoms with Gasteiger partial charge in [-0.3, -0.25) is 37.3 Å². The number of phosphoric ester groups is 2. The molecule has 0 aliphatic rings. The monoisotopic (exact) mass is 1550 g/mol. The molecule has 0 saturated heterocycles. The topological polar surface area (TPSA) is 237 Å². The van der Waals surface area contributed by atoms with Crippen molar-refractivity contribution in [3.63, 3.8) is 0 Å². The average Bonchev–Trinajstić information content (AvgIpc) is 0.913. The number of carbonyl (C=O) groups excluding carboxylic acids is 4. The van der Waals surface area contributed by atoms with Crippen molar-refractivity contribution in [1.82, 2.24) is 0 Å². The molecule has 0 saturated carbocycles. The number of rotatable bonds is 87. The van der Waals surface area contributed by atoms with Crippen molar-refractivity contribution in [3.8, 4) is 0 Å². The summed E-state index contributed by atoms with van der Waals surface area (Å²) in [5.74, 6) is -1.28. The quantitative estimate of drug-likeness (QED) is 0.0222. The standard InChI is InChI=1S/C87H170O17P2/c1-6-9-12-15-18-21-23-25-27-28-29-30-31-32-37-40-44-48-53-58-63-68-73-87(92)104-83(77-98-85(90)71-66-61-56-51-46-43-39-36-34-33-35-38-41-45-50-54-59-64-69-80(4)5)79-102-106(95,96)100-75-81(88)74-99-105(93,94)101-78-82(76-97-84(89)70-65-60-55-49-20-17-14-11-8-3)103-86(91)72-67-62-57-52-47-42-26-24-22-19-16-13-10-7-2/h80-83,88H,6-79H2,1-5H3,(H,93,94)(H,95,96)/t81-,82+,83+/m0/s1. The molecule has 0 aliphatic carbocycles. The second-order valence-corrected chi connectivity index (χ2v) is 34.7. The van der Waals surface area contributed by atoms with E-state index in [9.17, 15) is 43.2 Å². The minimum Gasteiger partial charge on any atom is -0.462 e. The van der Waals surface area contributed by atoms with Crippen molar-refractivity contribution < 1.29 is 80.2 Å². The Morgan fingerprint density at radius 3 is 0.642 bits per heavy atom. The van der Waals surface area contributed by atoms with Crippen LogP contribution in [-0.2, 0) is 65.4 Å². The van der Waals surface area contributed by atoms with Crippen LogP contribution in [0.15, 0.2) is 0 Å². The highest BCUT2D eigenvalue weighted by Crippen LogP contribution is 2.45. The van der Waals surface area contributed by atoms with E-state index in [1.54, 1.807) is 0 Å².